The lowest BCUT2D eigenvalue weighted by Gasteiger charge is -2.23. The molecular weight excluding hydrogens is 214 g/mol. The predicted molar refractivity (Wildman–Crippen MR) is 56.9 cm³/mol. The highest BCUT2D eigenvalue weighted by Crippen LogP contribution is 2.38. The summed E-state index contributed by atoms with van der Waals surface area (Å²) in [7, 11) is 0. The molecule has 0 amide bonds. The summed E-state index contributed by atoms with van der Waals surface area (Å²) < 4.78 is 3.86. The number of hydrogen-bond donors (Lipinski definition) is 2. The quantitative estimate of drug-likeness (QED) is 0.817. The zero-order chi connectivity index (χ0) is 10.7. The van der Waals surface area contributed by atoms with Crippen LogP contribution in [0.25, 0.3) is 0 Å². The van der Waals surface area contributed by atoms with Crippen LogP contribution < -0.4 is 5.32 Å². The second-order valence-electron chi connectivity index (χ2n) is 3.89. The van der Waals surface area contributed by atoms with Gasteiger partial charge in [0.05, 0.1) is 5.41 Å². The van der Waals surface area contributed by atoms with E-state index in [0.29, 0.717) is 11.7 Å². The third-order valence-electron chi connectivity index (χ3n) is 2.95. The van der Waals surface area contributed by atoms with Crippen molar-refractivity contribution in [2.75, 3.05) is 11.9 Å². The number of nitrogens with one attached hydrogen (secondary N) is 1. The van der Waals surface area contributed by atoms with Crippen molar-refractivity contribution in [2.24, 2.45) is 5.41 Å². The molecule has 1 aliphatic rings. The van der Waals surface area contributed by atoms with E-state index in [2.05, 4.69) is 14.7 Å². The van der Waals surface area contributed by atoms with Gasteiger partial charge in [0.15, 0.2) is 0 Å². The summed E-state index contributed by atoms with van der Waals surface area (Å²) in [5.41, 5.74) is -0.592. The first kappa shape index (κ1) is 10.4. The molecule has 0 radical (unpaired) electrons. The van der Waals surface area contributed by atoms with Crippen LogP contribution in [0.3, 0.4) is 0 Å². The molecule has 1 aromatic heterocycles. The number of aromatic nitrogens is 2. The van der Waals surface area contributed by atoms with Crippen LogP contribution in [-0.4, -0.2) is 27.0 Å². The van der Waals surface area contributed by atoms with E-state index in [1.54, 1.807) is 0 Å². The van der Waals surface area contributed by atoms with Gasteiger partial charge in [-0.1, -0.05) is 12.8 Å². The number of aliphatic carboxylic acids is 1. The summed E-state index contributed by atoms with van der Waals surface area (Å²) in [6, 6.07) is 0. The summed E-state index contributed by atoms with van der Waals surface area (Å²) in [4.78, 5) is 15.2. The number of anilines is 1. The van der Waals surface area contributed by atoms with Crippen LogP contribution in [0.5, 0.6) is 0 Å². The smallest absolute Gasteiger partial charge is 0.311 e. The van der Waals surface area contributed by atoms with E-state index >= 15 is 0 Å². The average Bonchev–Trinajstić information content (AvgIpc) is 2.87. The normalized spacial score (nSPS) is 18.9. The Morgan fingerprint density at radius 2 is 2.33 bits per heavy atom. The van der Waals surface area contributed by atoms with E-state index < -0.39 is 11.4 Å². The minimum absolute atomic E-state index is 0.456. The Kier molecular flexibility index (Phi) is 2.86. The zero-order valence-electron chi connectivity index (χ0n) is 8.27. The van der Waals surface area contributed by atoms with E-state index in [4.69, 9.17) is 0 Å². The second-order valence-corrected chi connectivity index (χ2v) is 4.67. The van der Waals surface area contributed by atoms with Crippen LogP contribution in [0.4, 0.5) is 5.13 Å². The Morgan fingerprint density at radius 3 is 2.87 bits per heavy atom. The first-order valence-electron chi connectivity index (χ1n) is 4.97. The van der Waals surface area contributed by atoms with Gasteiger partial charge >= 0.3 is 5.97 Å². The lowest BCUT2D eigenvalue weighted by molar-refractivity contribution is -0.147. The second kappa shape index (κ2) is 4.14. The van der Waals surface area contributed by atoms with Crippen molar-refractivity contribution in [3.63, 3.8) is 0 Å². The minimum Gasteiger partial charge on any atom is -0.481 e. The number of nitrogens with zero attached hydrogens (tertiary/aromatic N) is 2. The van der Waals surface area contributed by atoms with E-state index in [1.807, 2.05) is 0 Å². The Labute approximate surface area is 91.7 Å². The lowest BCUT2D eigenvalue weighted by atomic mass is 9.86. The van der Waals surface area contributed by atoms with Crippen molar-refractivity contribution in [3.05, 3.63) is 6.33 Å². The predicted octanol–water partition coefficient (Wildman–Crippen LogP) is 1.59. The van der Waals surface area contributed by atoms with Crippen molar-refractivity contribution in [1.29, 1.82) is 0 Å². The topological polar surface area (TPSA) is 75.1 Å². The number of carboxylic acids is 1. The monoisotopic (exact) mass is 227 g/mol. The van der Waals surface area contributed by atoms with Gasteiger partial charge in [0.2, 0.25) is 5.13 Å². The molecule has 1 aliphatic carbocycles. The highest BCUT2D eigenvalue weighted by molar-refractivity contribution is 7.09. The van der Waals surface area contributed by atoms with Crippen molar-refractivity contribution in [2.45, 2.75) is 25.7 Å². The molecule has 0 spiro atoms. The number of carbonyl (C=O) groups is 1. The molecule has 0 saturated heterocycles. The Hall–Kier alpha value is -1.17. The minimum atomic E-state index is -0.697. The van der Waals surface area contributed by atoms with Gasteiger partial charge in [-0.2, -0.15) is 4.37 Å². The molecule has 1 fully saturated rings. The van der Waals surface area contributed by atoms with Crippen molar-refractivity contribution in [3.8, 4) is 0 Å². The van der Waals surface area contributed by atoms with Crippen molar-refractivity contribution in [1.82, 2.24) is 9.36 Å². The number of carboxylic acid groups (broad SMARTS) is 1. The molecule has 0 unspecified atom stereocenters. The largest absolute Gasteiger partial charge is 0.481 e. The molecular formula is C9H13N3O2S. The summed E-state index contributed by atoms with van der Waals surface area (Å²) >= 11 is 1.25. The molecule has 5 nitrogen and oxygen atoms in total. The molecule has 1 aromatic rings. The molecule has 1 heterocycles. The molecule has 0 aromatic carbocycles. The van der Waals surface area contributed by atoms with Crippen LogP contribution in [0.2, 0.25) is 0 Å². The molecule has 2 N–H and O–H groups in total. The molecule has 6 heteroatoms. The molecule has 82 valence electrons. The van der Waals surface area contributed by atoms with E-state index in [9.17, 15) is 9.90 Å². The third kappa shape index (κ3) is 2.09. The van der Waals surface area contributed by atoms with Gasteiger partial charge in [-0.25, -0.2) is 4.98 Å². The van der Waals surface area contributed by atoms with Crippen LogP contribution in [-0.2, 0) is 4.79 Å². The maximum atomic E-state index is 11.2. The summed E-state index contributed by atoms with van der Waals surface area (Å²) in [6.45, 7) is 0.456. The van der Waals surface area contributed by atoms with Crippen LogP contribution in [0, 0.1) is 5.41 Å². The van der Waals surface area contributed by atoms with Crippen LogP contribution >= 0.6 is 11.5 Å². The molecule has 1 saturated carbocycles. The van der Waals surface area contributed by atoms with Gasteiger partial charge in [-0.05, 0) is 12.8 Å². The molecule has 0 aliphatic heterocycles. The molecule has 2 rings (SSSR count). The van der Waals surface area contributed by atoms with Gasteiger partial charge < -0.3 is 10.4 Å². The molecule has 0 bridgehead atoms. The Balaban J connectivity index is 1.99. The summed E-state index contributed by atoms with van der Waals surface area (Å²) in [6.07, 6.45) is 4.99. The fourth-order valence-corrected chi connectivity index (χ4v) is 2.44. The zero-order valence-corrected chi connectivity index (χ0v) is 9.09. The van der Waals surface area contributed by atoms with Crippen LogP contribution in [0.1, 0.15) is 25.7 Å². The first-order chi connectivity index (χ1) is 7.23. The van der Waals surface area contributed by atoms with Crippen LogP contribution in [0.15, 0.2) is 6.33 Å². The maximum absolute atomic E-state index is 11.2. The average molecular weight is 227 g/mol. The first-order valence-corrected chi connectivity index (χ1v) is 5.74. The molecule has 0 atom stereocenters. The van der Waals surface area contributed by atoms with Gasteiger partial charge in [-0.15, -0.1) is 0 Å². The van der Waals surface area contributed by atoms with Gasteiger partial charge in [0.25, 0.3) is 0 Å². The SMILES string of the molecule is O=C(O)C1(CNc2ncns2)CCCC1. The highest BCUT2D eigenvalue weighted by Gasteiger charge is 2.41. The molecule has 15 heavy (non-hydrogen) atoms. The summed E-state index contributed by atoms with van der Waals surface area (Å²) in [5.74, 6) is -0.697. The van der Waals surface area contributed by atoms with E-state index in [-0.39, 0.29) is 0 Å². The van der Waals surface area contributed by atoms with Gasteiger partial charge in [-0.3, -0.25) is 4.79 Å². The van der Waals surface area contributed by atoms with Crippen molar-refractivity contribution >= 4 is 22.6 Å². The number of rotatable bonds is 4. The van der Waals surface area contributed by atoms with Crippen molar-refractivity contribution < 1.29 is 9.90 Å². The van der Waals surface area contributed by atoms with E-state index in [1.165, 1.54) is 17.9 Å². The van der Waals surface area contributed by atoms with E-state index in [0.717, 1.165) is 25.7 Å². The third-order valence-corrected chi connectivity index (χ3v) is 3.58. The van der Waals surface area contributed by atoms with Gasteiger partial charge in [0.1, 0.15) is 6.33 Å². The Bertz CT molecular complexity index is 333. The summed E-state index contributed by atoms with van der Waals surface area (Å²) in [5, 5.41) is 13.0. The van der Waals surface area contributed by atoms with Gasteiger partial charge in [0, 0.05) is 18.1 Å². The Morgan fingerprint density at radius 1 is 1.60 bits per heavy atom. The fourth-order valence-electron chi connectivity index (χ4n) is 2.01. The maximum Gasteiger partial charge on any atom is 0.311 e. The lowest BCUT2D eigenvalue weighted by Crippen LogP contribution is -2.35. The fraction of sp³-hybridized carbons (Fsp3) is 0.667. The number of hydrogen-bond acceptors (Lipinski definition) is 5. The highest BCUT2D eigenvalue weighted by atomic mass is 32.1. The standard InChI is InChI=1S/C9H13N3O2S/c13-7(14)9(3-1-2-4-9)5-10-8-11-6-12-15-8/h6H,1-5H2,(H,13,14)(H,10,11,12).